The number of hydrogen-bond acceptors (Lipinski definition) is 3. The van der Waals surface area contributed by atoms with E-state index in [-0.39, 0.29) is 17.7 Å². The first-order valence-corrected chi connectivity index (χ1v) is 9.71. The van der Waals surface area contributed by atoms with Gasteiger partial charge in [-0.25, -0.2) is 0 Å². The summed E-state index contributed by atoms with van der Waals surface area (Å²) >= 11 is 0. The maximum atomic E-state index is 12.5. The Bertz CT molecular complexity index is 888. The molecule has 1 aromatic carbocycles. The van der Waals surface area contributed by atoms with Crippen molar-refractivity contribution in [3.63, 3.8) is 0 Å². The molecule has 6 heteroatoms. The van der Waals surface area contributed by atoms with Crippen LogP contribution in [0.15, 0.2) is 30.3 Å². The Morgan fingerprint density at radius 3 is 2.39 bits per heavy atom. The highest BCUT2D eigenvalue weighted by Gasteiger charge is 2.24. The first-order chi connectivity index (χ1) is 13.3. The van der Waals surface area contributed by atoms with Gasteiger partial charge in [0.1, 0.15) is 0 Å². The zero-order chi connectivity index (χ0) is 20.3. The third-order valence-electron chi connectivity index (χ3n) is 5.49. The fourth-order valence-electron chi connectivity index (χ4n) is 3.62. The van der Waals surface area contributed by atoms with Crippen LogP contribution >= 0.6 is 0 Å². The minimum atomic E-state index is -0.269. The number of rotatable bonds is 5. The number of hydrogen-bond donors (Lipinski definition) is 1. The lowest BCUT2D eigenvalue weighted by Gasteiger charge is -2.29. The Kier molecular flexibility index (Phi) is 5.97. The van der Waals surface area contributed by atoms with E-state index in [1.165, 1.54) is 11.1 Å². The summed E-state index contributed by atoms with van der Waals surface area (Å²) in [6, 6.07) is 8.42. The quantitative estimate of drug-likeness (QED) is 0.810. The number of nitrogens with two attached hydrogens (primary N) is 1. The van der Waals surface area contributed by atoms with Crippen molar-refractivity contribution in [2.24, 2.45) is 11.7 Å². The van der Waals surface area contributed by atoms with Gasteiger partial charge in [0.15, 0.2) is 0 Å². The van der Waals surface area contributed by atoms with Crippen molar-refractivity contribution in [2.75, 3.05) is 13.1 Å². The molecule has 6 nitrogen and oxygen atoms in total. The molecule has 2 aromatic rings. The van der Waals surface area contributed by atoms with Crippen LogP contribution in [0.4, 0.5) is 0 Å². The summed E-state index contributed by atoms with van der Waals surface area (Å²) in [5, 5.41) is 4.64. The zero-order valence-electron chi connectivity index (χ0n) is 16.8. The van der Waals surface area contributed by atoms with Gasteiger partial charge in [-0.3, -0.25) is 14.3 Å². The number of aryl methyl sites for hydroxylation is 2. The highest BCUT2D eigenvalue weighted by atomic mass is 16.2. The second-order valence-corrected chi connectivity index (χ2v) is 7.56. The fraction of sp³-hybridized carbons (Fsp3) is 0.409. The summed E-state index contributed by atoms with van der Waals surface area (Å²) in [5.41, 5.74) is 10.7. The maximum absolute atomic E-state index is 12.5. The number of primary amides is 1. The van der Waals surface area contributed by atoms with Crippen molar-refractivity contribution in [3.05, 3.63) is 58.4 Å². The molecule has 0 radical (unpaired) electrons. The van der Waals surface area contributed by atoms with E-state index in [0.29, 0.717) is 32.5 Å². The number of aromatic nitrogens is 2. The lowest BCUT2D eigenvalue weighted by atomic mass is 9.96. The number of benzene rings is 1. The van der Waals surface area contributed by atoms with E-state index in [0.717, 1.165) is 17.0 Å². The van der Waals surface area contributed by atoms with Gasteiger partial charge in [0.2, 0.25) is 11.8 Å². The molecule has 1 fully saturated rings. The summed E-state index contributed by atoms with van der Waals surface area (Å²) in [4.78, 5) is 25.5. The van der Waals surface area contributed by atoms with Gasteiger partial charge >= 0.3 is 0 Å². The second kappa shape index (κ2) is 8.42. The average molecular weight is 380 g/mol. The van der Waals surface area contributed by atoms with Crippen molar-refractivity contribution < 1.29 is 9.59 Å². The molecule has 3 rings (SSSR count). The summed E-state index contributed by atoms with van der Waals surface area (Å²) < 4.78 is 1.97. The van der Waals surface area contributed by atoms with Gasteiger partial charge in [-0.1, -0.05) is 29.8 Å². The molecular formula is C22H28N4O2. The first kappa shape index (κ1) is 19.9. The Labute approximate surface area is 166 Å². The van der Waals surface area contributed by atoms with E-state index in [4.69, 9.17) is 5.73 Å². The van der Waals surface area contributed by atoms with E-state index >= 15 is 0 Å². The van der Waals surface area contributed by atoms with Gasteiger partial charge in [-0.15, -0.1) is 0 Å². The second-order valence-electron chi connectivity index (χ2n) is 7.56. The first-order valence-electron chi connectivity index (χ1n) is 9.71. The molecule has 2 amide bonds. The van der Waals surface area contributed by atoms with Crippen molar-refractivity contribution in [2.45, 2.75) is 40.2 Å². The lowest BCUT2D eigenvalue weighted by molar-refractivity contribution is -0.130. The summed E-state index contributed by atoms with van der Waals surface area (Å²) in [5.74, 6) is -0.416. The van der Waals surface area contributed by atoms with Crippen LogP contribution in [-0.2, 0) is 16.1 Å². The number of carbonyl (C=O) groups is 2. The number of likely N-dealkylation sites (tertiary alicyclic amines) is 1. The third-order valence-corrected chi connectivity index (χ3v) is 5.49. The largest absolute Gasteiger partial charge is 0.369 e. The lowest BCUT2D eigenvalue weighted by Crippen LogP contribution is -2.41. The van der Waals surface area contributed by atoms with Crippen LogP contribution in [0, 0.1) is 26.7 Å². The van der Waals surface area contributed by atoms with Crippen LogP contribution in [0.25, 0.3) is 6.08 Å². The molecule has 0 unspecified atom stereocenters. The average Bonchev–Trinajstić information content (AvgIpc) is 2.94. The van der Waals surface area contributed by atoms with E-state index in [1.54, 1.807) is 11.0 Å². The molecule has 1 aromatic heterocycles. The predicted octanol–water partition coefficient (Wildman–Crippen LogP) is 2.59. The normalized spacial score (nSPS) is 15.3. The van der Waals surface area contributed by atoms with E-state index < -0.39 is 0 Å². The molecule has 1 aliphatic rings. The monoisotopic (exact) mass is 380 g/mol. The van der Waals surface area contributed by atoms with Crippen LogP contribution < -0.4 is 5.73 Å². The van der Waals surface area contributed by atoms with Gasteiger partial charge < -0.3 is 10.6 Å². The van der Waals surface area contributed by atoms with Crippen molar-refractivity contribution in [1.82, 2.24) is 14.7 Å². The van der Waals surface area contributed by atoms with Crippen molar-refractivity contribution in [1.29, 1.82) is 0 Å². The maximum Gasteiger partial charge on any atom is 0.246 e. The molecule has 0 saturated carbocycles. The molecule has 0 atom stereocenters. The number of piperidine rings is 1. The van der Waals surface area contributed by atoms with Gasteiger partial charge in [0.05, 0.1) is 12.2 Å². The Balaban J connectivity index is 1.67. The van der Waals surface area contributed by atoms with Crippen LogP contribution in [0.5, 0.6) is 0 Å². The molecule has 1 saturated heterocycles. The van der Waals surface area contributed by atoms with Crippen LogP contribution in [0.2, 0.25) is 0 Å². The third kappa shape index (κ3) is 4.50. The number of carbonyl (C=O) groups excluding carboxylic acids is 2. The standard InChI is InChI=1S/C22H28N4O2/c1-15-4-6-18(7-5-15)14-26-17(3)20(16(2)24-26)8-9-21(27)25-12-10-19(11-13-25)22(23)28/h4-9,19H,10-14H2,1-3H3,(H2,23,28)/b9-8+. The van der Waals surface area contributed by atoms with E-state index in [1.807, 2.05) is 24.6 Å². The fourth-order valence-corrected chi connectivity index (χ4v) is 3.62. The highest BCUT2D eigenvalue weighted by Crippen LogP contribution is 2.19. The Morgan fingerprint density at radius 1 is 1.14 bits per heavy atom. The van der Waals surface area contributed by atoms with Gasteiger partial charge in [-0.2, -0.15) is 5.10 Å². The predicted molar refractivity (Wildman–Crippen MR) is 110 cm³/mol. The Hall–Kier alpha value is -2.89. The smallest absolute Gasteiger partial charge is 0.246 e. The highest BCUT2D eigenvalue weighted by molar-refractivity contribution is 5.92. The van der Waals surface area contributed by atoms with E-state index in [9.17, 15) is 9.59 Å². The molecule has 2 N–H and O–H groups in total. The van der Waals surface area contributed by atoms with Gasteiger partial charge in [-0.05, 0) is 45.3 Å². The molecule has 148 valence electrons. The summed E-state index contributed by atoms with van der Waals surface area (Å²) in [7, 11) is 0. The number of amides is 2. The van der Waals surface area contributed by atoms with Crippen molar-refractivity contribution >= 4 is 17.9 Å². The zero-order valence-corrected chi connectivity index (χ0v) is 16.8. The Morgan fingerprint density at radius 2 is 1.79 bits per heavy atom. The molecular weight excluding hydrogens is 352 g/mol. The van der Waals surface area contributed by atoms with E-state index in [2.05, 4.69) is 36.3 Å². The van der Waals surface area contributed by atoms with Crippen LogP contribution in [0.1, 0.15) is 40.9 Å². The van der Waals surface area contributed by atoms with Crippen LogP contribution in [-0.4, -0.2) is 39.6 Å². The van der Waals surface area contributed by atoms with Gasteiger partial charge in [0, 0.05) is 36.3 Å². The molecule has 2 heterocycles. The minimum Gasteiger partial charge on any atom is -0.369 e. The molecule has 0 aliphatic carbocycles. The van der Waals surface area contributed by atoms with Gasteiger partial charge in [0.25, 0.3) is 0 Å². The van der Waals surface area contributed by atoms with Crippen molar-refractivity contribution in [3.8, 4) is 0 Å². The minimum absolute atomic E-state index is 0.0343. The molecule has 28 heavy (non-hydrogen) atoms. The van der Waals surface area contributed by atoms with Crippen LogP contribution in [0.3, 0.4) is 0 Å². The summed E-state index contributed by atoms with van der Waals surface area (Å²) in [6.07, 6.45) is 4.74. The number of nitrogens with zero attached hydrogens (tertiary/aromatic N) is 3. The summed E-state index contributed by atoms with van der Waals surface area (Å²) in [6.45, 7) is 7.90. The molecule has 0 spiro atoms. The molecule has 0 bridgehead atoms. The molecule has 1 aliphatic heterocycles. The SMILES string of the molecule is Cc1ccc(Cn2nc(C)c(/C=C/C(=O)N3CCC(C(N)=O)CC3)c2C)cc1. The topological polar surface area (TPSA) is 81.2 Å².